The third-order valence-electron chi connectivity index (χ3n) is 2.37. The summed E-state index contributed by atoms with van der Waals surface area (Å²) in [4.78, 5) is 0. The lowest BCUT2D eigenvalue weighted by Gasteiger charge is -2.17. The highest BCUT2D eigenvalue weighted by Crippen LogP contribution is 2.27. The number of hydrogen-bond acceptors (Lipinski definition) is 2. The van der Waals surface area contributed by atoms with Crippen LogP contribution in [0.15, 0.2) is 18.2 Å². The van der Waals surface area contributed by atoms with E-state index in [1.54, 1.807) is 7.11 Å². The molecule has 0 saturated heterocycles. The quantitative estimate of drug-likeness (QED) is 0.768. The van der Waals surface area contributed by atoms with Crippen molar-refractivity contribution >= 4 is 0 Å². The summed E-state index contributed by atoms with van der Waals surface area (Å²) in [5, 5.41) is 3.22. The summed E-state index contributed by atoms with van der Waals surface area (Å²) in [5.41, 5.74) is 2.51. The Morgan fingerprint density at radius 1 is 1.38 bits per heavy atom. The van der Waals surface area contributed by atoms with Gasteiger partial charge in [-0.2, -0.15) is 0 Å². The minimum atomic E-state index is 0.330. The maximum atomic E-state index is 5.31. The predicted molar refractivity (Wildman–Crippen MR) is 55.2 cm³/mol. The van der Waals surface area contributed by atoms with Crippen molar-refractivity contribution in [3.05, 3.63) is 29.3 Å². The lowest BCUT2D eigenvalue weighted by molar-refractivity contribution is 0.403. The third-order valence-corrected chi connectivity index (χ3v) is 2.37. The Balaban J connectivity index is 3.14. The first-order valence-electron chi connectivity index (χ1n) is 4.51. The van der Waals surface area contributed by atoms with E-state index in [1.165, 1.54) is 11.1 Å². The molecule has 0 amide bonds. The zero-order chi connectivity index (χ0) is 9.84. The largest absolute Gasteiger partial charge is 0.496 e. The van der Waals surface area contributed by atoms with E-state index in [9.17, 15) is 0 Å². The molecule has 1 unspecified atom stereocenters. The van der Waals surface area contributed by atoms with E-state index >= 15 is 0 Å². The molecule has 1 N–H and O–H groups in total. The summed E-state index contributed by atoms with van der Waals surface area (Å²) in [6.45, 7) is 4.23. The van der Waals surface area contributed by atoms with E-state index < -0.39 is 0 Å². The summed E-state index contributed by atoms with van der Waals surface area (Å²) in [5.74, 6) is 0.960. The van der Waals surface area contributed by atoms with Crippen molar-refractivity contribution in [3.63, 3.8) is 0 Å². The molecule has 13 heavy (non-hydrogen) atoms. The van der Waals surface area contributed by atoms with Crippen LogP contribution in [0, 0.1) is 6.92 Å². The summed E-state index contributed by atoms with van der Waals surface area (Å²) in [6.07, 6.45) is 0. The van der Waals surface area contributed by atoms with Crippen molar-refractivity contribution in [2.24, 2.45) is 0 Å². The number of nitrogens with one attached hydrogen (secondary N) is 1. The van der Waals surface area contributed by atoms with Crippen LogP contribution in [0.4, 0.5) is 0 Å². The molecule has 0 aromatic heterocycles. The highest BCUT2D eigenvalue weighted by molar-refractivity contribution is 5.41. The second-order valence-corrected chi connectivity index (χ2v) is 3.20. The van der Waals surface area contributed by atoms with E-state index in [-0.39, 0.29) is 0 Å². The fraction of sp³-hybridized carbons (Fsp3) is 0.455. The van der Waals surface area contributed by atoms with Crippen LogP contribution in [-0.2, 0) is 0 Å². The van der Waals surface area contributed by atoms with Gasteiger partial charge in [-0.3, -0.25) is 0 Å². The molecule has 1 aromatic rings. The zero-order valence-corrected chi connectivity index (χ0v) is 8.72. The lowest BCUT2D eigenvalue weighted by atomic mass is 10.0. The maximum Gasteiger partial charge on any atom is 0.123 e. The van der Waals surface area contributed by atoms with Crippen LogP contribution in [0.25, 0.3) is 0 Å². The standard InChI is InChI=1S/C11H17NO/c1-8-6-5-7-10(13-4)11(8)9(2)12-3/h5-7,9,12H,1-4H3. The van der Waals surface area contributed by atoms with E-state index in [0.29, 0.717) is 6.04 Å². The van der Waals surface area contributed by atoms with Crippen LogP contribution in [0.3, 0.4) is 0 Å². The van der Waals surface area contributed by atoms with Crippen molar-refractivity contribution in [2.75, 3.05) is 14.2 Å². The Morgan fingerprint density at radius 2 is 2.08 bits per heavy atom. The van der Waals surface area contributed by atoms with Crippen molar-refractivity contribution in [1.82, 2.24) is 5.32 Å². The molecule has 0 heterocycles. The minimum Gasteiger partial charge on any atom is -0.496 e. The summed E-state index contributed by atoms with van der Waals surface area (Å²) < 4.78 is 5.31. The summed E-state index contributed by atoms with van der Waals surface area (Å²) in [7, 11) is 3.66. The monoisotopic (exact) mass is 179 g/mol. The molecule has 2 nitrogen and oxygen atoms in total. The number of aryl methyl sites for hydroxylation is 1. The molecule has 72 valence electrons. The number of benzene rings is 1. The fourth-order valence-electron chi connectivity index (χ4n) is 1.53. The van der Waals surface area contributed by atoms with Gasteiger partial charge in [-0.1, -0.05) is 12.1 Å². The van der Waals surface area contributed by atoms with Crippen molar-refractivity contribution < 1.29 is 4.74 Å². The lowest BCUT2D eigenvalue weighted by Crippen LogP contribution is -2.14. The molecular weight excluding hydrogens is 162 g/mol. The first kappa shape index (κ1) is 10.1. The van der Waals surface area contributed by atoms with Gasteiger partial charge in [0.25, 0.3) is 0 Å². The predicted octanol–water partition coefficient (Wildman–Crippen LogP) is 2.28. The Bertz CT molecular complexity index is 283. The Kier molecular flexibility index (Phi) is 3.32. The zero-order valence-electron chi connectivity index (χ0n) is 8.72. The molecule has 0 fully saturated rings. The van der Waals surface area contributed by atoms with E-state index in [1.807, 2.05) is 19.2 Å². The Morgan fingerprint density at radius 3 is 2.62 bits per heavy atom. The summed E-state index contributed by atoms with van der Waals surface area (Å²) >= 11 is 0. The molecule has 0 aliphatic carbocycles. The van der Waals surface area contributed by atoms with Crippen LogP contribution in [0.5, 0.6) is 5.75 Å². The number of hydrogen-bond donors (Lipinski definition) is 1. The smallest absolute Gasteiger partial charge is 0.123 e. The van der Waals surface area contributed by atoms with Gasteiger partial charge in [-0.05, 0) is 32.5 Å². The van der Waals surface area contributed by atoms with Crippen molar-refractivity contribution in [2.45, 2.75) is 19.9 Å². The maximum absolute atomic E-state index is 5.31. The van der Waals surface area contributed by atoms with Gasteiger partial charge in [-0.15, -0.1) is 0 Å². The fourth-order valence-corrected chi connectivity index (χ4v) is 1.53. The van der Waals surface area contributed by atoms with Crippen LogP contribution in [0.2, 0.25) is 0 Å². The molecule has 1 rings (SSSR count). The average Bonchev–Trinajstić information content (AvgIpc) is 2.16. The normalized spacial score (nSPS) is 12.6. The molecule has 1 atom stereocenters. The van der Waals surface area contributed by atoms with E-state index in [4.69, 9.17) is 4.74 Å². The van der Waals surface area contributed by atoms with Crippen LogP contribution in [0.1, 0.15) is 24.1 Å². The molecule has 0 spiro atoms. The number of ether oxygens (including phenoxy) is 1. The molecule has 0 aliphatic heterocycles. The highest BCUT2D eigenvalue weighted by atomic mass is 16.5. The van der Waals surface area contributed by atoms with Crippen molar-refractivity contribution in [3.8, 4) is 5.75 Å². The van der Waals surface area contributed by atoms with Gasteiger partial charge in [0.1, 0.15) is 5.75 Å². The second kappa shape index (κ2) is 4.28. The molecule has 0 saturated carbocycles. The van der Waals surface area contributed by atoms with Crippen LogP contribution in [-0.4, -0.2) is 14.2 Å². The van der Waals surface area contributed by atoms with Crippen LogP contribution < -0.4 is 10.1 Å². The first-order valence-corrected chi connectivity index (χ1v) is 4.51. The Labute approximate surface area is 79.9 Å². The van der Waals surface area contributed by atoms with Gasteiger partial charge in [0, 0.05) is 11.6 Å². The third kappa shape index (κ3) is 2.01. The first-order chi connectivity index (χ1) is 6.20. The Hall–Kier alpha value is -1.02. The van der Waals surface area contributed by atoms with Gasteiger partial charge in [0.05, 0.1) is 7.11 Å². The second-order valence-electron chi connectivity index (χ2n) is 3.20. The van der Waals surface area contributed by atoms with Crippen molar-refractivity contribution in [1.29, 1.82) is 0 Å². The molecular formula is C11H17NO. The van der Waals surface area contributed by atoms with Gasteiger partial charge < -0.3 is 10.1 Å². The van der Waals surface area contributed by atoms with Gasteiger partial charge in [-0.25, -0.2) is 0 Å². The van der Waals surface area contributed by atoms with E-state index in [0.717, 1.165) is 5.75 Å². The molecule has 0 bridgehead atoms. The number of rotatable bonds is 3. The molecule has 0 aliphatic rings. The highest BCUT2D eigenvalue weighted by Gasteiger charge is 2.11. The van der Waals surface area contributed by atoms with Gasteiger partial charge in [0.15, 0.2) is 0 Å². The molecule has 1 aromatic carbocycles. The van der Waals surface area contributed by atoms with Gasteiger partial charge >= 0.3 is 0 Å². The summed E-state index contributed by atoms with van der Waals surface area (Å²) in [6, 6.07) is 6.44. The average molecular weight is 179 g/mol. The number of methoxy groups -OCH3 is 1. The molecule has 2 heteroatoms. The SMILES string of the molecule is CNC(C)c1c(C)cccc1OC. The molecule has 0 radical (unpaired) electrons. The minimum absolute atomic E-state index is 0.330. The van der Waals surface area contributed by atoms with Gasteiger partial charge in [0.2, 0.25) is 0 Å². The topological polar surface area (TPSA) is 21.3 Å². The van der Waals surface area contributed by atoms with Crippen LogP contribution >= 0.6 is 0 Å². The van der Waals surface area contributed by atoms with E-state index in [2.05, 4.69) is 25.2 Å².